The molecule has 0 radical (unpaired) electrons. The molecule has 4 heteroatoms. The molecule has 1 aromatic rings. The fourth-order valence-corrected chi connectivity index (χ4v) is 2.16. The third kappa shape index (κ3) is 2.82. The molecule has 4 nitrogen and oxygen atoms in total. The average molecular weight is 234 g/mol. The number of hydrogen-bond acceptors (Lipinski definition) is 4. The molecule has 0 aromatic carbocycles. The Morgan fingerprint density at radius 2 is 2.00 bits per heavy atom. The van der Waals surface area contributed by atoms with Gasteiger partial charge in [-0.3, -0.25) is 4.79 Å². The molecule has 0 spiro atoms. The van der Waals surface area contributed by atoms with E-state index in [1.165, 1.54) is 6.92 Å². The highest BCUT2D eigenvalue weighted by molar-refractivity contribution is 5.92. The second-order valence-corrected chi connectivity index (χ2v) is 4.60. The van der Waals surface area contributed by atoms with Crippen molar-refractivity contribution in [3.05, 3.63) is 23.9 Å². The zero-order valence-electron chi connectivity index (χ0n) is 10.5. The standard InChI is InChI=1S/C13H18N2O2/c1-9-7-15(8-10(2)17-9)13-6-4-5-12(14-13)11(3)16/h4-6,9-10H,7-8H2,1-3H3/t9-,10+. The van der Waals surface area contributed by atoms with E-state index >= 15 is 0 Å². The van der Waals surface area contributed by atoms with Crippen LogP contribution in [0.3, 0.4) is 0 Å². The Morgan fingerprint density at radius 1 is 1.35 bits per heavy atom. The van der Waals surface area contributed by atoms with Gasteiger partial charge in [0.05, 0.1) is 12.2 Å². The lowest BCUT2D eigenvalue weighted by molar-refractivity contribution is -0.00546. The maximum absolute atomic E-state index is 11.3. The van der Waals surface area contributed by atoms with Gasteiger partial charge in [-0.05, 0) is 26.0 Å². The molecule has 0 saturated carbocycles. The van der Waals surface area contributed by atoms with Crippen LogP contribution in [0.2, 0.25) is 0 Å². The monoisotopic (exact) mass is 234 g/mol. The summed E-state index contributed by atoms with van der Waals surface area (Å²) < 4.78 is 5.68. The first-order valence-electron chi connectivity index (χ1n) is 5.94. The summed E-state index contributed by atoms with van der Waals surface area (Å²) in [5.41, 5.74) is 0.522. The quantitative estimate of drug-likeness (QED) is 0.733. The van der Waals surface area contributed by atoms with Gasteiger partial charge in [0.15, 0.2) is 5.78 Å². The average Bonchev–Trinajstić information content (AvgIpc) is 2.28. The number of morpholine rings is 1. The van der Waals surface area contributed by atoms with E-state index in [1.807, 2.05) is 12.1 Å². The van der Waals surface area contributed by atoms with E-state index in [-0.39, 0.29) is 18.0 Å². The van der Waals surface area contributed by atoms with Crippen LogP contribution in [0.1, 0.15) is 31.3 Å². The van der Waals surface area contributed by atoms with Gasteiger partial charge in [-0.1, -0.05) is 6.07 Å². The Morgan fingerprint density at radius 3 is 2.59 bits per heavy atom. The summed E-state index contributed by atoms with van der Waals surface area (Å²) in [4.78, 5) is 17.9. The molecule has 1 saturated heterocycles. The zero-order chi connectivity index (χ0) is 12.4. The van der Waals surface area contributed by atoms with Crippen LogP contribution in [0.15, 0.2) is 18.2 Å². The molecule has 2 atom stereocenters. The smallest absolute Gasteiger partial charge is 0.178 e. The van der Waals surface area contributed by atoms with E-state index in [0.717, 1.165) is 18.9 Å². The number of anilines is 1. The van der Waals surface area contributed by atoms with E-state index in [4.69, 9.17) is 4.74 Å². The fourth-order valence-electron chi connectivity index (χ4n) is 2.16. The molecule has 92 valence electrons. The Bertz CT molecular complexity index is 410. The number of aromatic nitrogens is 1. The number of nitrogens with zero attached hydrogens (tertiary/aromatic N) is 2. The molecular formula is C13H18N2O2. The minimum absolute atomic E-state index is 0.00112. The van der Waals surface area contributed by atoms with Crippen LogP contribution >= 0.6 is 0 Å². The topological polar surface area (TPSA) is 42.4 Å². The summed E-state index contributed by atoms with van der Waals surface area (Å²) in [7, 11) is 0. The normalized spacial score (nSPS) is 24.8. The molecule has 1 aliphatic heterocycles. The van der Waals surface area contributed by atoms with Gasteiger partial charge in [0.2, 0.25) is 0 Å². The van der Waals surface area contributed by atoms with E-state index < -0.39 is 0 Å². The predicted molar refractivity (Wildman–Crippen MR) is 66.5 cm³/mol. The summed E-state index contributed by atoms with van der Waals surface area (Å²) in [6.45, 7) is 7.28. The van der Waals surface area contributed by atoms with Crippen molar-refractivity contribution in [2.24, 2.45) is 0 Å². The molecule has 17 heavy (non-hydrogen) atoms. The Hall–Kier alpha value is -1.42. The van der Waals surface area contributed by atoms with Crippen LogP contribution in [-0.2, 0) is 4.74 Å². The molecular weight excluding hydrogens is 216 g/mol. The van der Waals surface area contributed by atoms with Gasteiger partial charge in [-0.2, -0.15) is 0 Å². The van der Waals surface area contributed by atoms with Crippen molar-refractivity contribution < 1.29 is 9.53 Å². The first kappa shape index (κ1) is 12.0. The van der Waals surface area contributed by atoms with Crippen LogP contribution < -0.4 is 4.90 Å². The molecule has 1 aliphatic rings. The van der Waals surface area contributed by atoms with Crippen molar-refractivity contribution in [1.29, 1.82) is 0 Å². The third-order valence-corrected chi connectivity index (χ3v) is 2.84. The summed E-state index contributed by atoms with van der Waals surface area (Å²) in [6.07, 6.45) is 0.392. The summed E-state index contributed by atoms with van der Waals surface area (Å²) >= 11 is 0. The first-order valence-corrected chi connectivity index (χ1v) is 5.94. The van der Waals surface area contributed by atoms with Gasteiger partial charge >= 0.3 is 0 Å². The molecule has 1 aromatic heterocycles. The number of pyridine rings is 1. The van der Waals surface area contributed by atoms with Crippen molar-refractivity contribution in [3.8, 4) is 0 Å². The molecule has 0 unspecified atom stereocenters. The van der Waals surface area contributed by atoms with Gasteiger partial charge in [-0.15, -0.1) is 0 Å². The summed E-state index contributed by atoms with van der Waals surface area (Å²) in [6, 6.07) is 5.57. The van der Waals surface area contributed by atoms with Gasteiger partial charge in [-0.25, -0.2) is 4.98 Å². The van der Waals surface area contributed by atoms with Crippen LogP contribution in [0.5, 0.6) is 0 Å². The van der Waals surface area contributed by atoms with Gasteiger partial charge in [0.1, 0.15) is 11.5 Å². The summed E-state index contributed by atoms with van der Waals surface area (Å²) in [5.74, 6) is 0.862. The third-order valence-electron chi connectivity index (χ3n) is 2.84. The molecule has 2 rings (SSSR count). The Labute approximate surface area is 102 Å². The second kappa shape index (κ2) is 4.84. The number of hydrogen-bond donors (Lipinski definition) is 0. The highest BCUT2D eigenvalue weighted by Gasteiger charge is 2.23. The van der Waals surface area contributed by atoms with Gasteiger partial charge in [0, 0.05) is 20.0 Å². The summed E-state index contributed by atoms with van der Waals surface area (Å²) in [5, 5.41) is 0. The molecule has 1 fully saturated rings. The largest absolute Gasteiger partial charge is 0.372 e. The number of ether oxygens (including phenoxy) is 1. The fraction of sp³-hybridized carbons (Fsp3) is 0.538. The predicted octanol–water partition coefficient (Wildman–Crippen LogP) is 1.90. The minimum Gasteiger partial charge on any atom is -0.372 e. The van der Waals surface area contributed by atoms with Crippen molar-refractivity contribution >= 4 is 11.6 Å². The maximum Gasteiger partial charge on any atom is 0.178 e. The number of Topliss-reactive ketones (excluding diaryl/α,β-unsaturated/α-hetero) is 1. The van der Waals surface area contributed by atoms with Crippen molar-refractivity contribution in [1.82, 2.24) is 4.98 Å². The van der Waals surface area contributed by atoms with E-state index in [1.54, 1.807) is 6.07 Å². The van der Waals surface area contributed by atoms with E-state index in [0.29, 0.717) is 5.69 Å². The van der Waals surface area contributed by atoms with Crippen molar-refractivity contribution in [2.45, 2.75) is 33.0 Å². The highest BCUT2D eigenvalue weighted by atomic mass is 16.5. The highest BCUT2D eigenvalue weighted by Crippen LogP contribution is 2.18. The zero-order valence-corrected chi connectivity index (χ0v) is 10.5. The van der Waals surface area contributed by atoms with Crippen molar-refractivity contribution in [3.63, 3.8) is 0 Å². The van der Waals surface area contributed by atoms with Crippen LogP contribution in [0.4, 0.5) is 5.82 Å². The lowest BCUT2D eigenvalue weighted by Crippen LogP contribution is -2.45. The Balaban J connectivity index is 2.21. The van der Waals surface area contributed by atoms with Crippen LogP contribution in [0, 0.1) is 0 Å². The van der Waals surface area contributed by atoms with E-state index in [9.17, 15) is 4.79 Å². The van der Waals surface area contributed by atoms with Crippen molar-refractivity contribution in [2.75, 3.05) is 18.0 Å². The van der Waals surface area contributed by atoms with E-state index in [2.05, 4.69) is 23.7 Å². The molecule has 0 bridgehead atoms. The second-order valence-electron chi connectivity index (χ2n) is 4.60. The van der Waals surface area contributed by atoms with Crippen LogP contribution in [0.25, 0.3) is 0 Å². The molecule has 2 heterocycles. The maximum atomic E-state index is 11.3. The number of carbonyl (C=O) groups excluding carboxylic acids is 1. The number of ketones is 1. The molecule has 0 aliphatic carbocycles. The first-order chi connectivity index (χ1) is 8.06. The van der Waals surface area contributed by atoms with Gasteiger partial charge in [0.25, 0.3) is 0 Å². The lowest BCUT2D eigenvalue weighted by atomic mass is 10.2. The number of carbonyl (C=O) groups is 1. The molecule has 0 amide bonds. The molecule has 0 N–H and O–H groups in total. The lowest BCUT2D eigenvalue weighted by Gasteiger charge is -2.36. The minimum atomic E-state index is 0.00112. The van der Waals surface area contributed by atoms with Gasteiger partial charge < -0.3 is 9.64 Å². The SMILES string of the molecule is CC(=O)c1cccc(N2C[C@@H](C)O[C@@H](C)C2)n1. The Kier molecular flexibility index (Phi) is 3.43. The van der Waals surface area contributed by atoms with Crippen LogP contribution in [-0.4, -0.2) is 36.1 Å². The number of rotatable bonds is 2.